The Morgan fingerprint density at radius 3 is 2.93 bits per heavy atom. The molecule has 1 amide bonds. The van der Waals surface area contributed by atoms with Crippen molar-refractivity contribution in [2.45, 2.75) is 32.7 Å². The molecule has 0 radical (unpaired) electrons. The Kier molecular flexibility index (Phi) is 2.47. The smallest absolute Gasteiger partial charge is 0.223 e. The number of nitrogens with one attached hydrogen (secondary N) is 2. The molecule has 0 atom stereocenters. The molecule has 5 heteroatoms. The Labute approximate surface area is 82.3 Å². The third-order valence-corrected chi connectivity index (χ3v) is 2.54. The number of rotatable bonds is 3. The average Bonchev–Trinajstić information content (AvgIpc) is 2.45. The summed E-state index contributed by atoms with van der Waals surface area (Å²) in [6.45, 7) is 2.27. The molecule has 14 heavy (non-hydrogen) atoms. The van der Waals surface area contributed by atoms with Crippen LogP contribution in [0.1, 0.15) is 30.9 Å². The van der Waals surface area contributed by atoms with E-state index in [1.165, 1.54) is 6.42 Å². The molecule has 0 saturated heterocycles. The van der Waals surface area contributed by atoms with Gasteiger partial charge in [-0.15, -0.1) is 0 Å². The van der Waals surface area contributed by atoms with Crippen LogP contribution in [0.5, 0.6) is 0 Å². The maximum atomic E-state index is 11.4. The summed E-state index contributed by atoms with van der Waals surface area (Å²) in [5.74, 6) is 1.79. The SMILES string of the molecule is Cc1nc(CNC(=O)C2CCC2)n[nH]1. The zero-order valence-corrected chi connectivity index (χ0v) is 8.21. The summed E-state index contributed by atoms with van der Waals surface area (Å²) in [7, 11) is 0. The Morgan fingerprint density at radius 2 is 2.43 bits per heavy atom. The standard InChI is InChI=1S/C9H14N4O/c1-6-11-8(13-12-6)5-10-9(14)7-3-2-4-7/h7H,2-5H2,1H3,(H,10,14)(H,11,12,13). The van der Waals surface area contributed by atoms with Crippen molar-refractivity contribution in [2.24, 2.45) is 5.92 Å². The third-order valence-electron chi connectivity index (χ3n) is 2.54. The largest absolute Gasteiger partial charge is 0.348 e. The number of nitrogens with zero attached hydrogens (tertiary/aromatic N) is 2. The molecule has 0 bridgehead atoms. The summed E-state index contributed by atoms with van der Waals surface area (Å²) in [6.07, 6.45) is 3.23. The van der Waals surface area contributed by atoms with Crippen LogP contribution in [-0.4, -0.2) is 21.1 Å². The second-order valence-corrected chi connectivity index (χ2v) is 3.68. The fourth-order valence-corrected chi connectivity index (χ4v) is 1.45. The van der Waals surface area contributed by atoms with E-state index in [0.717, 1.165) is 18.7 Å². The second-order valence-electron chi connectivity index (χ2n) is 3.68. The van der Waals surface area contributed by atoms with E-state index in [2.05, 4.69) is 20.5 Å². The van der Waals surface area contributed by atoms with Gasteiger partial charge in [0.1, 0.15) is 5.82 Å². The van der Waals surface area contributed by atoms with Crippen molar-refractivity contribution >= 4 is 5.91 Å². The normalized spacial score (nSPS) is 16.4. The van der Waals surface area contributed by atoms with E-state index in [0.29, 0.717) is 12.4 Å². The highest BCUT2D eigenvalue weighted by atomic mass is 16.1. The predicted molar refractivity (Wildman–Crippen MR) is 50.3 cm³/mol. The number of amides is 1. The van der Waals surface area contributed by atoms with E-state index in [-0.39, 0.29) is 11.8 Å². The van der Waals surface area contributed by atoms with Crippen LogP contribution in [0.2, 0.25) is 0 Å². The van der Waals surface area contributed by atoms with E-state index >= 15 is 0 Å². The molecule has 0 spiro atoms. The van der Waals surface area contributed by atoms with Crippen LogP contribution in [-0.2, 0) is 11.3 Å². The van der Waals surface area contributed by atoms with E-state index in [9.17, 15) is 4.79 Å². The van der Waals surface area contributed by atoms with E-state index < -0.39 is 0 Å². The summed E-state index contributed by atoms with van der Waals surface area (Å²) in [5, 5.41) is 9.51. The number of H-pyrrole nitrogens is 1. The molecular weight excluding hydrogens is 180 g/mol. The van der Waals surface area contributed by atoms with Gasteiger partial charge in [-0.1, -0.05) is 6.42 Å². The van der Waals surface area contributed by atoms with Gasteiger partial charge in [-0.3, -0.25) is 9.89 Å². The van der Waals surface area contributed by atoms with Crippen LogP contribution in [0.4, 0.5) is 0 Å². The molecule has 1 aromatic rings. The molecule has 2 N–H and O–H groups in total. The number of aromatic nitrogens is 3. The van der Waals surface area contributed by atoms with Gasteiger partial charge in [-0.25, -0.2) is 4.98 Å². The van der Waals surface area contributed by atoms with Crippen LogP contribution in [0.3, 0.4) is 0 Å². The van der Waals surface area contributed by atoms with Gasteiger partial charge in [0.05, 0.1) is 6.54 Å². The monoisotopic (exact) mass is 194 g/mol. The zero-order valence-electron chi connectivity index (χ0n) is 8.21. The lowest BCUT2D eigenvalue weighted by molar-refractivity contribution is -0.127. The van der Waals surface area contributed by atoms with Gasteiger partial charge in [-0.05, 0) is 19.8 Å². The molecule has 1 aliphatic carbocycles. The molecule has 1 aromatic heterocycles. The number of hydrogen-bond acceptors (Lipinski definition) is 3. The van der Waals surface area contributed by atoms with E-state index in [1.807, 2.05) is 6.92 Å². The topological polar surface area (TPSA) is 70.7 Å². The Hall–Kier alpha value is -1.39. The van der Waals surface area contributed by atoms with Crippen LogP contribution in [0.15, 0.2) is 0 Å². The van der Waals surface area contributed by atoms with E-state index in [1.54, 1.807) is 0 Å². The predicted octanol–water partition coefficient (Wildman–Crippen LogP) is 0.529. The van der Waals surface area contributed by atoms with Gasteiger partial charge in [0.2, 0.25) is 5.91 Å². The lowest BCUT2D eigenvalue weighted by Crippen LogP contribution is -2.34. The molecule has 1 fully saturated rings. The second kappa shape index (κ2) is 3.77. The molecule has 1 aliphatic rings. The molecule has 5 nitrogen and oxygen atoms in total. The lowest BCUT2D eigenvalue weighted by Gasteiger charge is -2.23. The van der Waals surface area contributed by atoms with Gasteiger partial charge < -0.3 is 5.32 Å². The molecule has 0 unspecified atom stereocenters. The first-order valence-corrected chi connectivity index (χ1v) is 4.91. The van der Waals surface area contributed by atoms with Crippen molar-refractivity contribution in [3.8, 4) is 0 Å². The average molecular weight is 194 g/mol. The third kappa shape index (κ3) is 1.92. The highest BCUT2D eigenvalue weighted by molar-refractivity contribution is 5.79. The number of carbonyl (C=O) groups excluding carboxylic acids is 1. The van der Waals surface area contributed by atoms with Gasteiger partial charge in [0.25, 0.3) is 0 Å². The van der Waals surface area contributed by atoms with Crippen molar-refractivity contribution < 1.29 is 4.79 Å². The van der Waals surface area contributed by atoms with Crippen molar-refractivity contribution in [3.05, 3.63) is 11.6 Å². The molecule has 1 heterocycles. The first-order chi connectivity index (χ1) is 6.75. The van der Waals surface area contributed by atoms with Crippen molar-refractivity contribution in [1.29, 1.82) is 0 Å². The molecule has 0 aliphatic heterocycles. The summed E-state index contributed by atoms with van der Waals surface area (Å²) in [6, 6.07) is 0. The minimum atomic E-state index is 0.138. The lowest BCUT2D eigenvalue weighted by atomic mass is 9.85. The Morgan fingerprint density at radius 1 is 1.64 bits per heavy atom. The highest BCUT2D eigenvalue weighted by Crippen LogP contribution is 2.26. The Balaban J connectivity index is 1.79. The number of hydrogen-bond donors (Lipinski definition) is 2. The maximum Gasteiger partial charge on any atom is 0.223 e. The molecular formula is C9H14N4O. The molecule has 0 aromatic carbocycles. The first-order valence-electron chi connectivity index (χ1n) is 4.91. The fourth-order valence-electron chi connectivity index (χ4n) is 1.45. The molecule has 76 valence electrons. The quantitative estimate of drug-likeness (QED) is 0.737. The van der Waals surface area contributed by atoms with E-state index in [4.69, 9.17) is 0 Å². The molecule has 2 rings (SSSR count). The zero-order chi connectivity index (χ0) is 9.97. The number of carbonyl (C=O) groups is 1. The van der Waals surface area contributed by atoms with Gasteiger partial charge >= 0.3 is 0 Å². The van der Waals surface area contributed by atoms with Gasteiger partial charge in [-0.2, -0.15) is 5.10 Å². The fraction of sp³-hybridized carbons (Fsp3) is 0.667. The first kappa shape index (κ1) is 9.18. The minimum Gasteiger partial charge on any atom is -0.348 e. The van der Waals surface area contributed by atoms with Crippen LogP contribution < -0.4 is 5.32 Å². The Bertz CT molecular complexity index is 329. The maximum absolute atomic E-state index is 11.4. The van der Waals surface area contributed by atoms with Crippen molar-refractivity contribution in [1.82, 2.24) is 20.5 Å². The summed E-state index contributed by atoms with van der Waals surface area (Å²) in [5.41, 5.74) is 0. The summed E-state index contributed by atoms with van der Waals surface area (Å²) >= 11 is 0. The van der Waals surface area contributed by atoms with Gasteiger partial charge in [0, 0.05) is 5.92 Å². The van der Waals surface area contributed by atoms with Crippen molar-refractivity contribution in [3.63, 3.8) is 0 Å². The minimum absolute atomic E-state index is 0.138. The highest BCUT2D eigenvalue weighted by Gasteiger charge is 2.24. The summed E-state index contributed by atoms with van der Waals surface area (Å²) in [4.78, 5) is 15.5. The van der Waals surface area contributed by atoms with Crippen molar-refractivity contribution in [2.75, 3.05) is 0 Å². The number of aryl methyl sites for hydroxylation is 1. The van der Waals surface area contributed by atoms with Crippen LogP contribution in [0, 0.1) is 12.8 Å². The summed E-state index contributed by atoms with van der Waals surface area (Å²) < 4.78 is 0. The van der Waals surface area contributed by atoms with Crippen LogP contribution >= 0.6 is 0 Å². The van der Waals surface area contributed by atoms with Gasteiger partial charge in [0.15, 0.2) is 5.82 Å². The molecule has 1 saturated carbocycles. The van der Waals surface area contributed by atoms with Crippen LogP contribution in [0.25, 0.3) is 0 Å². The number of aromatic amines is 1.